The lowest BCUT2D eigenvalue weighted by atomic mass is 10.0. The normalized spacial score (nSPS) is 16.8. The van der Waals surface area contributed by atoms with Gasteiger partial charge in [0.2, 0.25) is 0 Å². The first-order chi connectivity index (χ1) is 14.1. The molecule has 1 heterocycles. The number of methoxy groups -OCH3 is 1. The van der Waals surface area contributed by atoms with Gasteiger partial charge in [-0.15, -0.1) is 0 Å². The number of rotatable bonds is 5. The number of ether oxygens (including phenoxy) is 1. The van der Waals surface area contributed by atoms with Crippen LogP contribution in [0.25, 0.3) is 0 Å². The van der Waals surface area contributed by atoms with Crippen LogP contribution < -0.4 is 20.3 Å². The number of guanidine groups is 1. The predicted octanol–water partition coefficient (Wildman–Crippen LogP) is 3.04. The van der Waals surface area contributed by atoms with Crippen molar-refractivity contribution in [1.29, 1.82) is 5.26 Å². The number of piperidine rings is 1. The molecule has 1 saturated heterocycles. The Morgan fingerprint density at radius 3 is 2.97 bits per heavy atom. The van der Waals surface area contributed by atoms with Crippen LogP contribution in [0.4, 0.5) is 10.1 Å². The van der Waals surface area contributed by atoms with Gasteiger partial charge in [-0.05, 0) is 43.2 Å². The molecule has 1 atom stereocenters. The molecule has 152 valence electrons. The lowest BCUT2D eigenvalue weighted by Crippen LogP contribution is -2.51. The molecule has 0 aliphatic carbocycles. The molecular formula is C22H26FN5O. The second kappa shape index (κ2) is 9.78. The maximum atomic E-state index is 14.0. The molecule has 0 saturated carbocycles. The monoisotopic (exact) mass is 395 g/mol. The van der Waals surface area contributed by atoms with E-state index in [2.05, 4.69) is 26.6 Å². The summed E-state index contributed by atoms with van der Waals surface area (Å²) in [6.45, 7) is 2.09. The topological polar surface area (TPSA) is 72.7 Å². The number of hydrogen-bond acceptors (Lipinski definition) is 4. The van der Waals surface area contributed by atoms with Gasteiger partial charge in [-0.25, -0.2) is 4.39 Å². The van der Waals surface area contributed by atoms with Crippen LogP contribution in [0.5, 0.6) is 5.75 Å². The Morgan fingerprint density at radius 2 is 2.21 bits per heavy atom. The van der Waals surface area contributed by atoms with Gasteiger partial charge in [-0.3, -0.25) is 4.99 Å². The first kappa shape index (κ1) is 20.5. The highest BCUT2D eigenvalue weighted by Crippen LogP contribution is 2.24. The zero-order chi connectivity index (χ0) is 20.6. The SMILES string of the molecule is CN=C(NCc1cc(C#N)ccc1F)NC1CCCN(c2cccc(OC)c2)C1. The van der Waals surface area contributed by atoms with Crippen LogP contribution in [0, 0.1) is 17.1 Å². The van der Waals surface area contributed by atoms with E-state index in [1.165, 1.54) is 12.1 Å². The number of nitriles is 1. The summed E-state index contributed by atoms with van der Waals surface area (Å²) < 4.78 is 19.3. The molecule has 2 aromatic carbocycles. The van der Waals surface area contributed by atoms with Crippen LogP contribution in [0.2, 0.25) is 0 Å². The Labute approximate surface area is 171 Å². The molecule has 0 aromatic heterocycles. The molecule has 1 aliphatic heterocycles. The number of nitrogens with one attached hydrogen (secondary N) is 2. The van der Waals surface area contributed by atoms with E-state index < -0.39 is 0 Å². The molecule has 2 N–H and O–H groups in total. The second-order valence-electron chi connectivity index (χ2n) is 6.97. The maximum absolute atomic E-state index is 14.0. The molecular weight excluding hydrogens is 369 g/mol. The molecule has 0 bridgehead atoms. The Morgan fingerprint density at radius 1 is 1.34 bits per heavy atom. The second-order valence-corrected chi connectivity index (χ2v) is 6.97. The lowest BCUT2D eigenvalue weighted by molar-refractivity contribution is 0.414. The zero-order valence-corrected chi connectivity index (χ0v) is 16.8. The smallest absolute Gasteiger partial charge is 0.191 e. The van der Waals surface area contributed by atoms with Crippen molar-refractivity contribution < 1.29 is 9.13 Å². The number of hydrogen-bond donors (Lipinski definition) is 2. The third-order valence-electron chi connectivity index (χ3n) is 5.03. The van der Waals surface area contributed by atoms with Crippen molar-refractivity contribution in [3.05, 3.63) is 59.4 Å². The lowest BCUT2D eigenvalue weighted by Gasteiger charge is -2.35. The Bertz CT molecular complexity index is 908. The molecule has 1 unspecified atom stereocenters. The van der Waals surface area contributed by atoms with E-state index in [1.807, 2.05) is 24.3 Å². The summed E-state index contributed by atoms with van der Waals surface area (Å²) in [6.07, 6.45) is 2.09. The molecule has 0 radical (unpaired) electrons. The number of halogens is 1. The van der Waals surface area contributed by atoms with Crippen LogP contribution in [-0.4, -0.2) is 39.2 Å². The van der Waals surface area contributed by atoms with E-state index in [-0.39, 0.29) is 18.4 Å². The van der Waals surface area contributed by atoms with Crippen molar-refractivity contribution in [2.24, 2.45) is 4.99 Å². The van der Waals surface area contributed by atoms with Gasteiger partial charge in [0.15, 0.2) is 5.96 Å². The van der Waals surface area contributed by atoms with E-state index in [0.717, 1.165) is 37.4 Å². The summed E-state index contributed by atoms with van der Waals surface area (Å²) >= 11 is 0. The average Bonchev–Trinajstić information content (AvgIpc) is 2.77. The van der Waals surface area contributed by atoms with Crippen LogP contribution in [0.15, 0.2) is 47.5 Å². The summed E-state index contributed by atoms with van der Waals surface area (Å²) in [4.78, 5) is 6.59. The van der Waals surface area contributed by atoms with Gasteiger partial charge in [0, 0.05) is 50.0 Å². The van der Waals surface area contributed by atoms with Crippen molar-refractivity contribution in [2.75, 3.05) is 32.1 Å². The molecule has 7 heteroatoms. The van der Waals surface area contributed by atoms with Crippen LogP contribution in [-0.2, 0) is 6.54 Å². The van der Waals surface area contributed by atoms with Gasteiger partial charge in [0.25, 0.3) is 0 Å². The molecule has 6 nitrogen and oxygen atoms in total. The Balaban J connectivity index is 1.60. The fourth-order valence-corrected chi connectivity index (χ4v) is 3.48. The Hall–Kier alpha value is -3.27. The number of benzene rings is 2. The summed E-state index contributed by atoms with van der Waals surface area (Å²) in [7, 11) is 3.37. The minimum Gasteiger partial charge on any atom is -0.497 e. The van der Waals surface area contributed by atoms with E-state index in [9.17, 15) is 4.39 Å². The van der Waals surface area contributed by atoms with E-state index in [0.29, 0.717) is 17.1 Å². The van der Waals surface area contributed by atoms with Gasteiger partial charge >= 0.3 is 0 Å². The summed E-state index contributed by atoms with van der Waals surface area (Å²) in [5, 5.41) is 15.6. The average molecular weight is 395 g/mol. The molecule has 3 rings (SSSR count). The number of nitrogens with zero attached hydrogens (tertiary/aromatic N) is 3. The van der Waals surface area contributed by atoms with Crippen molar-refractivity contribution in [3.63, 3.8) is 0 Å². The minimum absolute atomic E-state index is 0.219. The summed E-state index contributed by atoms with van der Waals surface area (Å²) in [5.41, 5.74) is 2.01. The van der Waals surface area contributed by atoms with Gasteiger partial charge in [0.05, 0.1) is 18.7 Å². The predicted molar refractivity (Wildman–Crippen MR) is 113 cm³/mol. The van der Waals surface area contributed by atoms with E-state index >= 15 is 0 Å². The quantitative estimate of drug-likeness (QED) is 0.601. The minimum atomic E-state index is -0.339. The van der Waals surface area contributed by atoms with Gasteiger partial charge in [-0.1, -0.05) is 6.07 Å². The van der Waals surface area contributed by atoms with E-state index in [4.69, 9.17) is 10.00 Å². The van der Waals surface area contributed by atoms with Crippen molar-refractivity contribution >= 4 is 11.6 Å². The highest BCUT2D eigenvalue weighted by atomic mass is 19.1. The fraction of sp³-hybridized carbons (Fsp3) is 0.364. The molecule has 2 aromatic rings. The number of aliphatic imine (C=N–C) groups is 1. The van der Waals surface area contributed by atoms with Crippen molar-refractivity contribution in [3.8, 4) is 11.8 Å². The molecule has 0 spiro atoms. The first-order valence-corrected chi connectivity index (χ1v) is 9.67. The zero-order valence-electron chi connectivity index (χ0n) is 16.8. The van der Waals surface area contributed by atoms with Gasteiger partial charge in [0.1, 0.15) is 11.6 Å². The van der Waals surface area contributed by atoms with Crippen LogP contribution in [0.1, 0.15) is 24.0 Å². The standard InChI is InChI=1S/C22H26FN5O/c1-25-22(26-14-17-11-16(13-24)8-9-21(17)23)27-18-5-4-10-28(15-18)19-6-3-7-20(12-19)29-2/h3,6-9,11-12,18H,4-5,10,14-15H2,1-2H3,(H2,25,26,27). The third-order valence-corrected chi connectivity index (χ3v) is 5.03. The highest BCUT2D eigenvalue weighted by molar-refractivity contribution is 5.80. The molecule has 1 fully saturated rings. The molecule has 1 aliphatic rings. The summed E-state index contributed by atoms with van der Waals surface area (Å²) in [5.74, 6) is 1.12. The van der Waals surface area contributed by atoms with Crippen LogP contribution in [0.3, 0.4) is 0 Å². The van der Waals surface area contributed by atoms with Crippen molar-refractivity contribution in [1.82, 2.24) is 10.6 Å². The third kappa shape index (κ3) is 5.38. The fourth-order valence-electron chi connectivity index (χ4n) is 3.48. The molecule has 29 heavy (non-hydrogen) atoms. The Kier molecular flexibility index (Phi) is 6.90. The molecule has 0 amide bonds. The summed E-state index contributed by atoms with van der Waals surface area (Å²) in [6, 6.07) is 14.7. The van der Waals surface area contributed by atoms with Gasteiger partial charge < -0.3 is 20.3 Å². The van der Waals surface area contributed by atoms with Gasteiger partial charge in [-0.2, -0.15) is 5.26 Å². The first-order valence-electron chi connectivity index (χ1n) is 9.67. The van der Waals surface area contributed by atoms with Crippen molar-refractivity contribution in [2.45, 2.75) is 25.4 Å². The van der Waals surface area contributed by atoms with Crippen LogP contribution >= 0.6 is 0 Å². The van der Waals surface area contributed by atoms with E-state index in [1.54, 1.807) is 20.2 Å². The number of anilines is 1. The maximum Gasteiger partial charge on any atom is 0.191 e. The highest BCUT2D eigenvalue weighted by Gasteiger charge is 2.21. The largest absolute Gasteiger partial charge is 0.497 e.